The van der Waals surface area contributed by atoms with E-state index in [-0.39, 0.29) is 17.7 Å². The van der Waals surface area contributed by atoms with Gasteiger partial charge >= 0.3 is 6.03 Å². The number of ether oxygens (including phenoxy) is 2. The van der Waals surface area contributed by atoms with Crippen molar-refractivity contribution in [3.63, 3.8) is 0 Å². The van der Waals surface area contributed by atoms with E-state index in [1.54, 1.807) is 11.8 Å². The third kappa shape index (κ3) is 4.38. The molecule has 0 aliphatic carbocycles. The van der Waals surface area contributed by atoms with Crippen molar-refractivity contribution < 1.29 is 14.3 Å². The zero-order valence-electron chi connectivity index (χ0n) is 17.0. The van der Waals surface area contributed by atoms with Crippen LogP contribution in [0.15, 0.2) is 47.4 Å². The highest BCUT2D eigenvalue weighted by Gasteiger charge is 2.42. The number of amides is 2. The summed E-state index contributed by atoms with van der Waals surface area (Å²) in [5, 5.41) is 6.03. The zero-order chi connectivity index (χ0) is 20.3. The second-order valence-electron chi connectivity index (χ2n) is 7.64. The lowest BCUT2D eigenvalue weighted by atomic mass is 9.81. The summed E-state index contributed by atoms with van der Waals surface area (Å²) in [6.07, 6.45) is 4.53. The van der Waals surface area contributed by atoms with Gasteiger partial charge in [-0.1, -0.05) is 18.2 Å². The Kier molecular flexibility index (Phi) is 6.01. The lowest BCUT2D eigenvalue weighted by Gasteiger charge is -2.44. The SMILES string of the molecule is CCNC(=O)NC1CC2(CCOCC2)Oc2ccc(-c3cccc(SC)c3)cc21. The van der Waals surface area contributed by atoms with E-state index < -0.39 is 0 Å². The molecular weight excluding hydrogens is 384 g/mol. The molecule has 2 amide bonds. The molecule has 2 N–H and O–H groups in total. The summed E-state index contributed by atoms with van der Waals surface area (Å²) in [7, 11) is 0. The molecule has 2 aromatic rings. The fourth-order valence-electron chi connectivity index (χ4n) is 4.20. The van der Waals surface area contributed by atoms with Gasteiger partial charge < -0.3 is 20.1 Å². The molecule has 1 saturated heterocycles. The number of urea groups is 1. The predicted octanol–water partition coefficient (Wildman–Crippen LogP) is 4.77. The average molecular weight is 413 g/mol. The molecule has 1 unspecified atom stereocenters. The molecule has 1 fully saturated rings. The summed E-state index contributed by atoms with van der Waals surface area (Å²) in [4.78, 5) is 13.6. The van der Waals surface area contributed by atoms with Crippen LogP contribution < -0.4 is 15.4 Å². The van der Waals surface area contributed by atoms with Gasteiger partial charge in [-0.2, -0.15) is 0 Å². The van der Waals surface area contributed by atoms with Gasteiger partial charge in [0.15, 0.2) is 0 Å². The van der Waals surface area contributed by atoms with Crippen LogP contribution in [0, 0.1) is 0 Å². The summed E-state index contributed by atoms with van der Waals surface area (Å²) in [6.45, 7) is 3.92. The highest BCUT2D eigenvalue weighted by molar-refractivity contribution is 7.98. The Bertz CT molecular complexity index is 880. The van der Waals surface area contributed by atoms with Crippen LogP contribution in [-0.2, 0) is 4.74 Å². The number of hydrogen-bond donors (Lipinski definition) is 2. The Morgan fingerprint density at radius 2 is 1.97 bits per heavy atom. The maximum Gasteiger partial charge on any atom is 0.315 e. The molecular formula is C23H28N2O3S. The molecule has 5 nitrogen and oxygen atoms in total. The van der Waals surface area contributed by atoms with Gasteiger partial charge in [-0.3, -0.25) is 0 Å². The lowest BCUT2D eigenvalue weighted by molar-refractivity contribution is -0.0637. The Morgan fingerprint density at radius 3 is 2.72 bits per heavy atom. The Hall–Kier alpha value is -2.18. The van der Waals surface area contributed by atoms with E-state index in [0.717, 1.165) is 36.1 Å². The standard InChI is InChI=1S/C23H28N2O3S/c1-3-24-22(26)25-20-15-23(9-11-27-12-10-23)28-21-8-7-17(14-19(20)21)16-5-4-6-18(13-16)29-2/h4-8,13-14,20H,3,9-12,15H2,1-2H3,(H2,24,25,26). The second-order valence-corrected chi connectivity index (χ2v) is 8.52. The first-order valence-corrected chi connectivity index (χ1v) is 11.4. The van der Waals surface area contributed by atoms with Gasteiger partial charge in [-0.25, -0.2) is 4.79 Å². The number of carbonyl (C=O) groups is 1. The van der Waals surface area contributed by atoms with E-state index in [2.05, 4.69) is 59.4 Å². The molecule has 0 bridgehead atoms. The largest absolute Gasteiger partial charge is 0.487 e. The molecule has 29 heavy (non-hydrogen) atoms. The third-order valence-electron chi connectivity index (χ3n) is 5.74. The maximum atomic E-state index is 12.3. The van der Waals surface area contributed by atoms with Crippen molar-refractivity contribution in [1.29, 1.82) is 0 Å². The van der Waals surface area contributed by atoms with Crippen molar-refractivity contribution in [3.8, 4) is 16.9 Å². The van der Waals surface area contributed by atoms with Gasteiger partial charge in [0.2, 0.25) is 0 Å². The maximum absolute atomic E-state index is 12.3. The van der Waals surface area contributed by atoms with Gasteiger partial charge in [-0.15, -0.1) is 11.8 Å². The van der Waals surface area contributed by atoms with Gasteiger partial charge in [0.05, 0.1) is 19.3 Å². The Balaban J connectivity index is 1.69. The molecule has 154 valence electrons. The smallest absolute Gasteiger partial charge is 0.315 e. The van der Waals surface area contributed by atoms with Crippen molar-refractivity contribution >= 4 is 17.8 Å². The van der Waals surface area contributed by atoms with Gasteiger partial charge in [0, 0.05) is 36.3 Å². The fourth-order valence-corrected chi connectivity index (χ4v) is 4.66. The van der Waals surface area contributed by atoms with Crippen molar-refractivity contribution in [3.05, 3.63) is 48.0 Å². The molecule has 2 aliphatic heterocycles. The normalized spacial score (nSPS) is 19.9. The van der Waals surface area contributed by atoms with Crippen LogP contribution in [0.3, 0.4) is 0 Å². The molecule has 0 radical (unpaired) electrons. The lowest BCUT2D eigenvalue weighted by Crippen LogP contribution is -2.49. The minimum absolute atomic E-state index is 0.0907. The number of thioether (sulfide) groups is 1. The number of rotatable bonds is 4. The molecule has 4 rings (SSSR count). The number of hydrogen-bond acceptors (Lipinski definition) is 4. The van der Waals surface area contributed by atoms with E-state index in [0.29, 0.717) is 19.8 Å². The highest BCUT2D eigenvalue weighted by Crippen LogP contribution is 2.45. The molecule has 1 spiro atoms. The van der Waals surface area contributed by atoms with Crippen LogP contribution in [0.1, 0.15) is 37.8 Å². The van der Waals surface area contributed by atoms with Gasteiger partial charge in [-0.05, 0) is 48.6 Å². The van der Waals surface area contributed by atoms with E-state index in [4.69, 9.17) is 9.47 Å². The minimum Gasteiger partial charge on any atom is -0.487 e. The quantitative estimate of drug-likeness (QED) is 0.711. The number of benzene rings is 2. The van der Waals surface area contributed by atoms with E-state index in [1.807, 2.05) is 6.92 Å². The third-order valence-corrected chi connectivity index (χ3v) is 6.46. The van der Waals surface area contributed by atoms with Crippen molar-refractivity contribution in [2.75, 3.05) is 26.0 Å². The highest BCUT2D eigenvalue weighted by atomic mass is 32.2. The summed E-state index contributed by atoms with van der Waals surface area (Å²) < 4.78 is 12.1. The van der Waals surface area contributed by atoms with E-state index in [9.17, 15) is 4.79 Å². The second kappa shape index (κ2) is 8.67. The first kappa shape index (κ1) is 20.1. The van der Waals surface area contributed by atoms with Crippen LogP contribution in [0.4, 0.5) is 4.79 Å². The van der Waals surface area contributed by atoms with Crippen LogP contribution in [-0.4, -0.2) is 37.6 Å². The van der Waals surface area contributed by atoms with Crippen LogP contribution >= 0.6 is 11.8 Å². The molecule has 1 atom stereocenters. The number of fused-ring (bicyclic) bond motifs is 1. The fraction of sp³-hybridized carbons (Fsp3) is 0.435. The molecule has 2 aliphatic rings. The van der Waals surface area contributed by atoms with Gasteiger partial charge in [0.1, 0.15) is 11.4 Å². The zero-order valence-corrected chi connectivity index (χ0v) is 17.8. The Morgan fingerprint density at radius 1 is 1.17 bits per heavy atom. The van der Waals surface area contributed by atoms with E-state index >= 15 is 0 Å². The Labute approximate surface area is 176 Å². The van der Waals surface area contributed by atoms with Crippen LogP contribution in [0.25, 0.3) is 11.1 Å². The predicted molar refractivity (Wildman–Crippen MR) is 117 cm³/mol. The first-order chi connectivity index (χ1) is 14.1. The number of nitrogens with one attached hydrogen (secondary N) is 2. The summed E-state index contributed by atoms with van der Waals surface area (Å²) in [6, 6.07) is 14.6. The molecule has 2 aromatic carbocycles. The first-order valence-electron chi connectivity index (χ1n) is 10.2. The summed E-state index contributed by atoms with van der Waals surface area (Å²) in [5.74, 6) is 0.865. The number of carbonyl (C=O) groups excluding carboxylic acids is 1. The average Bonchev–Trinajstić information content (AvgIpc) is 2.74. The van der Waals surface area contributed by atoms with Crippen LogP contribution in [0.2, 0.25) is 0 Å². The summed E-state index contributed by atoms with van der Waals surface area (Å²) in [5.41, 5.74) is 3.08. The molecule has 0 aromatic heterocycles. The summed E-state index contributed by atoms with van der Waals surface area (Å²) >= 11 is 1.73. The van der Waals surface area contributed by atoms with Crippen molar-refractivity contribution in [2.45, 2.75) is 42.7 Å². The monoisotopic (exact) mass is 412 g/mol. The van der Waals surface area contributed by atoms with Crippen molar-refractivity contribution in [2.24, 2.45) is 0 Å². The minimum atomic E-state index is -0.268. The molecule has 6 heteroatoms. The van der Waals surface area contributed by atoms with Crippen molar-refractivity contribution in [1.82, 2.24) is 10.6 Å². The topological polar surface area (TPSA) is 59.6 Å². The molecule has 2 heterocycles. The van der Waals surface area contributed by atoms with E-state index in [1.165, 1.54) is 10.5 Å². The molecule has 0 saturated carbocycles. The van der Waals surface area contributed by atoms with Crippen LogP contribution in [0.5, 0.6) is 5.75 Å². The van der Waals surface area contributed by atoms with Gasteiger partial charge in [0.25, 0.3) is 0 Å².